The second kappa shape index (κ2) is 12.6. The Morgan fingerprint density at radius 3 is 1.32 bits per heavy atom. The van der Waals surface area contributed by atoms with E-state index in [0.29, 0.717) is 0 Å². The van der Waals surface area contributed by atoms with Crippen LogP contribution in [0.2, 0.25) is 0 Å². The molecule has 0 aromatic heterocycles. The molecule has 0 unspecified atom stereocenters. The molecule has 278 valence electrons. The molecule has 0 N–H and O–H groups in total. The van der Waals surface area contributed by atoms with Crippen molar-refractivity contribution in [3.8, 4) is 55.6 Å². The third-order valence-electron chi connectivity index (χ3n) is 13.5. The van der Waals surface area contributed by atoms with E-state index in [2.05, 4.69) is 231 Å². The van der Waals surface area contributed by atoms with Crippen LogP contribution in [0.15, 0.2) is 212 Å². The van der Waals surface area contributed by atoms with Crippen LogP contribution in [-0.2, 0) is 10.8 Å². The molecule has 12 rings (SSSR count). The first-order chi connectivity index (χ1) is 29.0. The van der Waals surface area contributed by atoms with Crippen LogP contribution in [0.1, 0.15) is 47.2 Å². The predicted octanol–water partition coefficient (Wildman–Crippen LogP) is 15.1. The molecule has 0 bridgehead atoms. The lowest BCUT2D eigenvalue weighted by molar-refractivity contribution is 0.660. The first kappa shape index (κ1) is 33.9. The molecular weight excluding hydrogens is 711 g/mol. The fourth-order valence-electron chi connectivity index (χ4n) is 11.0. The number of rotatable bonds is 4. The second-order valence-corrected chi connectivity index (χ2v) is 16.8. The summed E-state index contributed by atoms with van der Waals surface area (Å²) in [6.07, 6.45) is 0. The van der Waals surface area contributed by atoms with E-state index in [9.17, 15) is 0 Å². The Hall–Kier alpha value is -7.22. The molecule has 0 aliphatic heterocycles. The summed E-state index contributed by atoms with van der Waals surface area (Å²) in [6.45, 7) is 4.76. The van der Waals surface area contributed by atoms with E-state index in [4.69, 9.17) is 0 Å². The number of nitrogens with zero attached hydrogens (tertiary/aromatic N) is 1. The molecule has 1 heteroatoms. The lowest BCUT2D eigenvalue weighted by Crippen LogP contribution is -2.31. The number of fused-ring (bicyclic) bond motifs is 15. The standard InChI is InChI=1S/C58H41N/c1-57(2)50-26-12-8-23-46(50)48-36-35-41(37-54(48)57)59(40-33-31-39(32-34-40)38-17-4-3-5-18-38)55-30-16-25-49-47-24-11-15-29-53(47)58(56(49)55)51-27-13-9-21-44(51)42-19-6-7-20-43(42)45-22-10-14-28-52(45)58/h3-37H,1-2H3. The molecule has 0 atom stereocenters. The highest BCUT2D eigenvalue weighted by Gasteiger charge is 2.51. The van der Waals surface area contributed by atoms with E-state index >= 15 is 0 Å². The van der Waals surface area contributed by atoms with Gasteiger partial charge in [0, 0.05) is 22.4 Å². The molecule has 0 saturated heterocycles. The normalized spacial score (nSPS) is 14.2. The topological polar surface area (TPSA) is 3.24 Å². The van der Waals surface area contributed by atoms with Crippen molar-refractivity contribution < 1.29 is 0 Å². The Morgan fingerprint density at radius 1 is 0.305 bits per heavy atom. The third-order valence-corrected chi connectivity index (χ3v) is 13.5. The molecule has 3 aliphatic rings. The minimum Gasteiger partial charge on any atom is -0.310 e. The van der Waals surface area contributed by atoms with Gasteiger partial charge in [0.05, 0.1) is 11.1 Å². The minimum absolute atomic E-state index is 0.147. The summed E-state index contributed by atoms with van der Waals surface area (Å²) in [7, 11) is 0. The Labute approximate surface area is 346 Å². The van der Waals surface area contributed by atoms with Gasteiger partial charge in [-0.3, -0.25) is 0 Å². The zero-order valence-electron chi connectivity index (χ0n) is 33.2. The van der Waals surface area contributed by atoms with Crippen molar-refractivity contribution in [2.45, 2.75) is 24.7 Å². The van der Waals surface area contributed by atoms with Gasteiger partial charge in [-0.05, 0) is 114 Å². The van der Waals surface area contributed by atoms with Gasteiger partial charge in [0.15, 0.2) is 0 Å². The number of benzene rings is 9. The predicted molar refractivity (Wildman–Crippen MR) is 246 cm³/mol. The quantitative estimate of drug-likeness (QED) is 0.173. The van der Waals surface area contributed by atoms with Crippen molar-refractivity contribution in [1.29, 1.82) is 0 Å². The van der Waals surface area contributed by atoms with Crippen LogP contribution in [-0.4, -0.2) is 0 Å². The molecule has 9 aromatic rings. The lowest BCUT2D eigenvalue weighted by Gasteiger charge is -2.39. The monoisotopic (exact) mass is 751 g/mol. The Balaban J connectivity index is 1.19. The smallest absolute Gasteiger partial charge is 0.0746 e. The van der Waals surface area contributed by atoms with E-state index < -0.39 is 5.41 Å². The average Bonchev–Trinajstić information content (AvgIpc) is 3.68. The summed E-state index contributed by atoms with van der Waals surface area (Å²) in [6, 6.07) is 79.5. The van der Waals surface area contributed by atoms with Gasteiger partial charge in [-0.25, -0.2) is 0 Å². The first-order valence-electron chi connectivity index (χ1n) is 20.8. The maximum absolute atomic E-state index is 2.55. The van der Waals surface area contributed by atoms with Gasteiger partial charge in [-0.2, -0.15) is 0 Å². The van der Waals surface area contributed by atoms with Crippen LogP contribution < -0.4 is 4.90 Å². The summed E-state index contributed by atoms with van der Waals surface area (Å²) in [5, 5.41) is 0. The third kappa shape index (κ3) is 4.67. The summed E-state index contributed by atoms with van der Waals surface area (Å²) < 4.78 is 0. The minimum atomic E-state index is -0.622. The van der Waals surface area contributed by atoms with Crippen molar-refractivity contribution in [2.24, 2.45) is 0 Å². The molecule has 0 radical (unpaired) electrons. The highest BCUT2D eigenvalue weighted by molar-refractivity contribution is 6.01. The second-order valence-electron chi connectivity index (χ2n) is 16.8. The molecule has 9 aromatic carbocycles. The summed E-state index contributed by atoms with van der Waals surface area (Å²) in [5.41, 5.74) is 23.4. The average molecular weight is 752 g/mol. The van der Waals surface area contributed by atoms with Gasteiger partial charge in [0.2, 0.25) is 0 Å². The summed E-state index contributed by atoms with van der Waals surface area (Å²) in [4.78, 5) is 2.55. The van der Waals surface area contributed by atoms with Gasteiger partial charge in [0.1, 0.15) is 0 Å². The summed E-state index contributed by atoms with van der Waals surface area (Å²) in [5.74, 6) is 0. The molecule has 1 nitrogen and oxygen atoms in total. The van der Waals surface area contributed by atoms with Crippen LogP contribution in [0, 0.1) is 0 Å². The van der Waals surface area contributed by atoms with Crippen molar-refractivity contribution >= 4 is 17.1 Å². The van der Waals surface area contributed by atoms with Gasteiger partial charge < -0.3 is 4.90 Å². The van der Waals surface area contributed by atoms with Crippen molar-refractivity contribution in [2.75, 3.05) is 4.90 Å². The molecule has 59 heavy (non-hydrogen) atoms. The fourth-order valence-corrected chi connectivity index (χ4v) is 11.0. The first-order valence-corrected chi connectivity index (χ1v) is 20.8. The molecule has 1 spiro atoms. The molecule has 3 aliphatic carbocycles. The van der Waals surface area contributed by atoms with Crippen molar-refractivity contribution in [1.82, 2.24) is 0 Å². The molecule has 0 heterocycles. The van der Waals surface area contributed by atoms with Gasteiger partial charge in [-0.1, -0.05) is 196 Å². The van der Waals surface area contributed by atoms with Crippen LogP contribution in [0.3, 0.4) is 0 Å². The number of hydrogen-bond donors (Lipinski definition) is 0. The number of anilines is 3. The van der Waals surface area contributed by atoms with E-state index in [1.165, 1.54) is 94.7 Å². The Bertz CT molecular complexity index is 3070. The fraction of sp³-hybridized carbons (Fsp3) is 0.0690. The number of hydrogen-bond acceptors (Lipinski definition) is 1. The highest BCUT2D eigenvalue weighted by atomic mass is 15.1. The lowest BCUT2D eigenvalue weighted by atomic mass is 9.65. The van der Waals surface area contributed by atoms with E-state index in [1.54, 1.807) is 0 Å². The van der Waals surface area contributed by atoms with Crippen LogP contribution in [0.25, 0.3) is 55.6 Å². The zero-order valence-corrected chi connectivity index (χ0v) is 33.2. The molecular formula is C58H41N. The Morgan fingerprint density at radius 2 is 0.729 bits per heavy atom. The largest absolute Gasteiger partial charge is 0.310 e. The van der Waals surface area contributed by atoms with E-state index in [-0.39, 0.29) is 5.41 Å². The SMILES string of the molecule is CC1(C)c2ccccc2-c2ccc(N(c3ccc(-c4ccccc4)cc3)c3cccc4c3C3(c5ccccc5-c5ccccc5-c5ccccc53)c3ccccc3-4)cc21. The van der Waals surface area contributed by atoms with Crippen molar-refractivity contribution in [3.05, 3.63) is 246 Å². The van der Waals surface area contributed by atoms with Gasteiger partial charge >= 0.3 is 0 Å². The van der Waals surface area contributed by atoms with Gasteiger partial charge in [-0.15, -0.1) is 0 Å². The molecule has 0 fully saturated rings. The molecule has 0 amide bonds. The van der Waals surface area contributed by atoms with Crippen LogP contribution >= 0.6 is 0 Å². The molecule has 0 saturated carbocycles. The van der Waals surface area contributed by atoms with Gasteiger partial charge in [0.25, 0.3) is 0 Å². The Kier molecular flexibility index (Phi) is 7.26. The van der Waals surface area contributed by atoms with E-state index in [1.807, 2.05) is 0 Å². The van der Waals surface area contributed by atoms with Crippen molar-refractivity contribution in [3.63, 3.8) is 0 Å². The van der Waals surface area contributed by atoms with Crippen LogP contribution in [0.5, 0.6) is 0 Å². The van der Waals surface area contributed by atoms with E-state index in [0.717, 1.165) is 11.4 Å². The zero-order chi connectivity index (χ0) is 39.3. The van der Waals surface area contributed by atoms with Crippen LogP contribution in [0.4, 0.5) is 17.1 Å². The maximum Gasteiger partial charge on any atom is 0.0746 e. The maximum atomic E-state index is 2.55. The highest BCUT2D eigenvalue weighted by Crippen LogP contribution is 2.64. The summed E-state index contributed by atoms with van der Waals surface area (Å²) >= 11 is 0.